The third-order valence-corrected chi connectivity index (χ3v) is 5.49. The van der Waals surface area contributed by atoms with Crippen LogP contribution in [0.4, 0.5) is 0 Å². The molecular formula is C19H18ClN5OS. The van der Waals surface area contributed by atoms with E-state index in [2.05, 4.69) is 15.4 Å². The first-order valence-electron chi connectivity index (χ1n) is 8.61. The van der Waals surface area contributed by atoms with Gasteiger partial charge in [-0.15, -0.1) is 11.3 Å². The number of nitrogens with zero attached hydrogens (tertiary/aromatic N) is 4. The first-order chi connectivity index (χ1) is 13.1. The van der Waals surface area contributed by atoms with Crippen molar-refractivity contribution in [3.8, 4) is 11.3 Å². The van der Waals surface area contributed by atoms with Crippen molar-refractivity contribution in [1.29, 1.82) is 0 Å². The van der Waals surface area contributed by atoms with E-state index in [1.54, 1.807) is 6.20 Å². The number of fused-ring (bicyclic) bond motifs is 1. The summed E-state index contributed by atoms with van der Waals surface area (Å²) in [5, 5.41) is 9.70. The van der Waals surface area contributed by atoms with E-state index in [0.29, 0.717) is 10.7 Å². The van der Waals surface area contributed by atoms with Gasteiger partial charge in [0, 0.05) is 42.1 Å². The number of aryl methyl sites for hydroxylation is 1. The van der Waals surface area contributed by atoms with Crippen LogP contribution in [0.2, 0.25) is 5.02 Å². The minimum absolute atomic E-state index is 0.0307. The number of aromatic nitrogens is 4. The molecule has 0 aliphatic rings. The third kappa shape index (κ3) is 3.74. The van der Waals surface area contributed by atoms with Crippen LogP contribution < -0.4 is 5.32 Å². The molecule has 27 heavy (non-hydrogen) atoms. The molecule has 1 aromatic carbocycles. The van der Waals surface area contributed by atoms with Crippen molar-refractivity contribution in [1.82, 2.24) is 24.5 Å². The molecule has 3 heterocycles. The molecule has 0 saturated carbocycles. The Labute approximate surface area is 165 Å². The highest BCUT2D eigenvalue weighted by atomic mass is 35.5. The number of carbonyl (C=O) groups is 1. The lowest BCUT2D eigenvalue weighted by molar-refractivity contribution is 0.0931. The van der Waals surface area contributed by atoms with Gasteiger partial charge >= 0.3 is 0 Å². The number of rotatable bonds is 6. The molecule has 0 fully saturated rings. The van der Waals surface area contributed by atoms with Crippen LogP contribution in [0.25, 0.3) is 16.2 Å². The molecule has 1 N–H and O–H groups in total. The van der Waals surface area contributed by atoms with Gasteiger partial charge in [0.1, 0.15) is 5.69 Å². The number of hydrogen-bond acceptors (Lipinski definition) is 4. The van der Waals surface area contributed by atoms with Crippen LogP contribution in [0.5, 0.6) is 0 Å². The van der Waals surface area contributed by atoms with Gasteiger partial charge < -0.3 is 5.32 Å². The van der Waals surface area contributed by atoms with Crippen LogP contribution in [0.3, 0.4) is 0 Å². The first kappa shape index (κ1) is 17.8. The third-order valence-electron chi connectivity index (χ3n) is 4.32. The van der Waals surface area contributed by atoms with E-state index in [9.17, 15) is 4.79 Å². The largest absolute Gasteiger partial charge is 0.348 e. The van der Waals surface area contributed by atoms with Gasteiger partial charge in [-0.3, -0.25) is 13.9 Å². The van der Waals surface area contributed by atoms with Crippen molar-refractivity contribution >= 4 is 33.8 Å². The summed E-state index contributed by atoms with van der Waals surface area (Å²) < 4.78 is 3.68. The minimum atomic E-state index is -0.114. The zero-order valence-corrected chi connectivity index (χ0v) is 16.2. The normalized spacial score (nSPS) is 12.4. The van der Waals surface area contributed by atoms with E-state index in [4.69, 9.17) is 11.6 Å². The smallest absolute Gasteiger partial charge is 0.269 e. The molecule has 0 unspecified atom stereocenters. The molecule has 0 bridgehead atoms. The summed E-state index contributed by atoms with van der Waals surface area (Å²) in [6, 6.07) is 9.48. The van der Waals surface area contributed by atoms with Gasteiger partial charge in [0.15, 0.2) is 4.96 Å². The molecule has 6 nitrogen and oxygen atoms in total. The topological polar surface area (TPSA) is 64.2 Å². The maximum Gasteiger partial charge on any atom is 0.269 e. The second kappa shape index (κ2) is 7.54. The molecule has 0 aliphatic heterocycles. The zero-order valence-electron chi connectivity index (χ0n) is 14.7. The summed E-state index contributed by atoms with van der Waals surface area (Å²) in [5.41, 5.74) is 2.19. The van der Waals surface area contributed by atoms with Crippen molar-refractivity contribution in [3.05, 3.63) is 65.0 Å². The van der Waals surface area contributed by atoms with Crippen LogP contribution in [0.15, 0.2) is 54.3 Å². The van der Waals surface area contributed by atoms with Gasteiger partial charge in [-0.1, -0.05) is 29.8 Å². The Kier molecular flexibility index (Phi) is 4.96. The number of thiazole rings is 1. The molecule has 3 aromatic heterocycles. The lowest BCUT2D eigenvalue weighted by Gasteiger charge is -2.13. The molecule has 0 spiro atoms. The fraction of sp³-hybridized carbons (Fsp3) is 0.211. The van der Waals surface area contributed by atoms with E-state index in [1.165, 1.54) is 11.3 Å². The summed E-state index contributed by atoms with van der Waals surface area (Å²) in [7, 11) is 0. The average Bonchev–Trinajstić information content (AvgIpc) is 3.37. The van der Waals surface area contributed by atoms with Gasteiger partial charge in [0.25, 0.3) is 5.91 Å². The molecule has 1 atom stereocenters. The van der Waals surface area contributed by atoms with Crippen LogP contribution in [0, 0.1) is 0 Å². The number of imidazole rings is 1. The molecule has 8 heteroatoms. The maximum absolute atomic E-state index is 12.7. The predicted octanol–water partition coefficient (Wildman–Crippen LogP) is 4.12. The predicted molar refractivity (Wildman–Crippen MR) is 107 cm³/mol. The highest BCUT2D eigenvalue weighted by Crippen LogP contribution is 2.29. The number of halogens is 1. The second-order valence-electron chi connectivity index (χ2n) is 6.31. The lowest BCUT2D eigenvalue weighted by atomic mass is 10.2. The van der Waals surface area contributed by atoms with E-state index in [-0.39, 0.29) is 11.9 Å². The van der Waals surface area contributed by atoms with E-state index in [1.807, 2.05) is 64.1 Å². The standard InChI is InChI=1S/C19H18ClN5OS/c1-13(7-10-24-9-4-8-21-24)22-18(26)17-12-27-19-23-16(11-25(17)19)14-5-2-3-6-15(14)20/h2-6,8-9,11-13H,7,10H2,1H3,(H,22,26)/t13-/m0/s1. The molecule has 138 valence electrons. The van der Waals surface area contributed by atoms with Crippen molar-refractivity contribution in [2.24, 2.45) is 0 Å². The Hall–Kier alpha value is -2.64. The first-order valence-corrected chi connectivity index (χ1v) is 9.87. The highest BCUT2D eigenvalue weighted by Gasteiger charge is 2.17. The fourth-order valence-corrected chi connectivity index (χ4v) is 3.96. The number of amides is 1. The van der Waals surface area contributed by atoms with Gasteiger partial charge in [-0.2, -0.15) is 5.10 Å². The number of nitrogens with one attached hydrogen (secondary N) is 1. The second-order valence-corrected chi connectivity index (χ2v) is 7.56. The SMILES string of the molecule is C[C@@H](CCn1cccn1)NC(=O)c1csc2nc(-c3ccccc3Cl)cn12. The van der Waals surface area contributed by atoms with Crippen LogP contribution >= 0.6 is 22.9 Å². The van der Waals surface area contributed by atoms with Gasteiger partial charge in [0.05, 0.1) is 10.7 Å². The Morgan fingerprint density at radius 2 is 2.19 bits per heavy atom. The van der Waals surface area contributed by atoms with Crippen molar-refractivity contribution in [2.45, 2.75) is 25.9 Å². The summed E-state index contributed by atoms with van der Waals surface area (Å²) in [6.45, 7) is 2.75. The average molecular weight is 400 g/mol. The molecule has 4 rings (SSSR count). The lowest BCUT2D eigenvalue weighted by Crippen LogP contribution is -2.34. The molecular weight excluding hydrogens is 382 g/mol. The van der Waals surface area contributed by atoms with Crippen molar-refractivity contribution < 1.29 is 4.79 Å². The van der Waals surface area contributed by atoms with E-state index >= 15 is 0 Å². The summed E-state index contributed by atoms with van der Waals surface area (Å²) >= 11 is 7.71. The van der Waals surface area contributed by atoms with Gasteiger partial charge in [-0.25, -0.2) is 4.98 Å². The molecule has 0 saturated heterocycles. The van der Waals surface area contributed by atoms with Crippen molar-refractivity contribution in [3.63, 3.8) is 0 Å². The van der Waals surface area contributed by atoms with E-state index < -0.39 is 0 Å². The zero-order chi connectivity index (χ0) is 18.8. The Morgan fingerprint density at radius 3 is 2.96 bits per heavy atom. The Balaban J connectivity index is 1.49. The molecule has 0 aliphatic carbocycles. The number of hydrogen-bond donors (Lipinski definition) is 1. The summed E-state index contributed by atoms with van der Waals surface area (Å²) in [5.74, 6) is -0.114. The fourth-order valence-electron chi connectivity index (χ4n) is 2.87. The Bertz CT molecular complexity index is 1070. The van der Waals surface area contributed by atoms with Crippen LogP contribution in [0.1, 0.15) is 23.8 Å². The number of benzene rings is 1. The van der Waals surface area contributed by atoms with Crippen LogP contribution in [-0.4, -0.2) is 31.1 Å². The number of carbonyl (C=O) groups excluding carboxylic acids is 1. The summed E-state index contributed by atoms with van der Waals surface area (Å²) in [4.78, 5) is 18.1. The maximum atomic E-state index is 12.7. The highest BCUT2D eigenvalue weighted by molar-refractivity contribution is 7.15. The minimum Gasteiger partial charge on any atom is -0.348 e. The van der Waals surface area contributed by atoms with Crippen molar-refractivity contribution in [2.75, 3.05) is 0 Å². The quantitative estimate of drug-likeness (QED) is 0.530. The molecule has 4 aromatic rings. The van der Waals surface area contributed by atoms with E-state index in [0.717, 1.165) is 29.2 Å². The summed E-state index contributed by atoms with van der Waals surface area (Å²) in [6.07, 6.45) is 6.32. The van der Waals surface area contributed by atoms with Crippen LogP contribution in [-0.2, 0) is 6.54 Å². The molecule has 1 amide bonds. The Morgan fingerprint density at radius 1 is 1.33 bits per heavy atom. The molecule has 0 radical (unpaired) electrons. The van der Waals surface area contributed by atoms with Gasteiger partial charge in [0.2, 0.25) is 0 Å². The monoisotopic (exact) mass is 399 g/mol. The van der Waals surface area contributed by atoms with Gasteiger partial charge in [-0.05, 0) is 25.5 Å².